The monoisotopic (exact) mass is 267 g/mol. The van der Waals surface area contributed by atoms with E-state index in [1.54, 1.807) is 0 Å². The molecule has 0 radical (unpaired) electrons. The summed E-state index contributed by atoms with van der Waals surface area (Å²) in [4.78, 5) is 22.8. The van der Waals surface area contributed by atoms with Crippen LogP contribution >= 0.6 is 0 Å². The van der Waals surface area contributed by atoms with E-state index in [1.807, 2.05) is 0 Å². The maximum Gasteiger partial charge on any atom is 0.248 e. The molecule has 7 heteroatoms. The number of rotatable bonds is 3. The number of nitrogens with one attached hydrogen (secondary N) is 2. The van der Waals surface area contributed by atoms with E-state index >= 15 is 0 Å². The summed E-state index contributed by atoms with van der Waals surface area (Å²) in [5.41, 5.74) is 5.08. The quantitative estimate of drug-likeness (QED) is 0.597. The fourth-order valence-corrected chi connectivity index (χ4v) is 1.91. The van der Waals surface area contributed by atoms with Crippen molar-refractivity contribution in [3.63, 3.8) is 0 Å². The smallest absolute Gasteiger partial charge is 0.248 e. The number of hydrogen-bond acceptors (Lipinski definition) is 4. The molecular weight excluding hydrogens is 253 g/mol. The van der Waals surface area contributed by atoms with Crippen LogP contribution < -0.4 is 16.4 Å². The van der Waals surface area contributed by atoms with E-state index in [2.05, 4.69) is 10.6 Å². The van der Waals surface area contributed by atoms with E-state index in [-0.39, 0.29) is 17.7 Å². The van der Waals surface area contributed by atoms with Crippen molar-refractivity contribution in [3.8, 4) is 0 Å². The van der Waals surface area contributed by atoms with Gasteiger partial charge in [0.2, 0.25) is 11.8 Å². The molecular formula is C12H14FN3O3. The lowest BCUT2D eigenvalue weighted by molar-refractivity contribution is -0.118. The lowest BCUT2D eigenvalue weighted by atomic mass is 10.1. The molecule has 1 heterocycles. The van der Waals surface area contributed by atoms with E-state index in [4.69, 9.17) is 5.73 Å². The molecule has 5 N–H and O–H groups in total. The standard InChI is InChI=1S/C12H14FN3O3/c13-8-2-1-6(11(14)18)3-9(8)16-12(19)10-4-7(17)5-15-10/h1-3,7,10,15,17H,4-5H2,(H2,14,18)(H,16,19). The van der Waals surface area contributed by atoms with Gasteiger partial charge in [-0.05, 0) is 24.6 Å². The van der Waals surface area contributed by atoms with Crippen LogP contribution in [-0.2, 0) is 4.79 Å². The molecule has 1 saturated heterocycles. The van der Waals surface area contributed by atoms with Crippen molar-refractivity contribution in [1.82, 2.24) is 5.32 Å². The molecule has 102 valence electrons. The number of hydrogen-bond donors (Lipinski definition) is 4. The average molecular weight is 267 g/mol. The molecule has 1 aliphatic rings. The molecule has 0 bridgehead atoms. The number of primary amides is 1. The highest BCUT2D eigenvalue weighted by molar-refractivity contribution is 5.98. The van der Waals surface area contributed by atoms with Gasteiger partial charge in [-0.15, -0.1) is 0 Å². The number of aliphatic hydroxyl groups is 1. The second kappa shape index (κ2) is 5.33. The molecule has 1 aromatic carbocycles. The van der Waals surface area contributed by atoms with Crippen LogP contribution in [0.2, 0.25) is 0 Å². The number of anilines is 1. The number of halogens is 1. The van der Waals surface area contributed by atoms with Gasteiger partial charge in [-0.2, -0.15) is 0 Å². The number of nitrogens with two attached hydrogens (primary N) is 1. The van der Waals surface area contributed by atoms with Crippen LogP contribution in [0.1, 0.15) is 16.8 Å². The predicted octanol–water partition coefficient (Wildman–Crippen LogP) is -0.414. The highest BCUT2D eigenvalue weighted by Gasteiger charge is 2.28. The van der Waals surface area contributed by atoms with Crippen molar-refractivity contribution < 1.29 is 19.1 Å². The number of amides is 2. The molecule has 6 nitrogen and oxygen atoms in total. The zero-order chi connectivity index (χ0) is 14.0. The number of carbonyl (C=O) groups excluding carboxylic acids is 2. The highest BCUT2D eigenvalue weighted by Crippen LogP contribution is 2.17. The fourth-order valence-electron chi connectivity index (χ4n) is 1.91. The molecule has 0 saturated carbocycles. The number of β-amino-alcohol motifs (C(OH)–C–C–N with tert-alkyl or cyclic N) is 1. The van der Waals surface area contributed by atoms with Crippen LogP contribution in [-0.4, -0.2) is 35.6 Å². The van der Waals surface area contributed by atoms with Gasteiger partial charge >= 0.3 is 0 Å². The van der Waals surface area contributed by atoms with Crippen molar-refractivity contribution in [3.05, 3.63) is 29.6 Å². The Morgan fingerprint density at radius 2 is 2.21 bits per heavy atom. The molecule has 2 amide bonds. The topological polar surface area (TPSA) is 104 Å². The molecule has 1 aliphatic heterocycles. The Morgan fingerprint density at radius 1 is 1.47 bits per heavy atom. The van der Waals surface area contributed by atoms with Gasteiger partial charge in [0.15, 0.2) is 0 Å². The minimum absolute atomic E-state index is 0.107. The van der Waals surface area contributed by atoms with E-state index in [0.29, 0.717) is 6.54 Å². The van der Waals surface area contributed by atoms with E-state index < -0.39 is 29.8 Å². The molecule has 19 heavy (non-hydrogen) atoms. The van der Waals surface area contributed by atoms with Gasteiger partial charge in [0.1, 0.15) is 5.82 Å². The number of benzene rings is 1. The first kappa shape index (κ1) is 13.4. The van der Waals surface area contributed by atoms with Gasteiger partial charge in [-0.25, -0.2) is 4.39 Å². The fraction of sp³-hybridized carbons (Fsp3) is 0.333. The summed E-state index contributed by atoms with van der Waals surface area (Å²) in [6.45, 7) is 0.321. The highest BCUT2D eigenvalue weighted by atomic mass is 19.1. The molecule has 1 aromatic rings. The van der Waals surface area contributed by atoms with Gasteiger partial charge in [-0.3, -0.25) is 9.59 Å². The largest absolute Gasteiger partial charge is 0.392 e. The van der Waals surface area contributed by atoms with Gasteiger partial charge in [-0.1, -0.05) is 0 Å². The lowest BCUT2D eigenvalue weighted by Crippen LogP contribution is -2.35. The van der Waals surface area contributed by atoms with Crippen molar-refractivity contribution in [1.29, 1.82) is 0 Å². The summed E-state index contributed by atoms with van der Waals surface area (Å²) in [7, 11) is 0. The predicted molar refractivity (Wildman–Crippen MR) is 66.0 cm³/mol. The van der Waals surface area contributed by atoms with E-state index in [0.717, 1.165) is 6.07 Å². The minimum Gasteiger partial charge on any atom is -0.392 e. The molecule has 2 atom stereocenters. The van der Waals surface area contributed by atoms with Crippen LogP contribution in [0.3, 0.4) is 0 Å². The first-order valence-electron chi connectivity index (χ1n) is 5.79. The molecule has 0 spiro atoms. The zero-order valence-corrected chi connectivity index (χ0v) is 10.0. The SMILES string of the molecule is NC(=O)c1ccc(F)c(NC(=O)C2CC(O)CN2)c1. The normalized spacial score (nSPS) is 22.2. The van der Waals surface area contributed by atoms with Crippen molar-refractivity contribution in [2.24, 2.45) is 5.73 Å². The third-order valence-corrected chi connectivity index (χ3v) is 2.93. The molecule has 0 aromatic heterocycles. The Bertz CT molecular complexity index is 521. The first-order chi connectivity index (χ1) is 8.97. The van der Waals surface area contributed by atoms with Crippen molar-refractivity contribution in [2.45, 2.75) is 18.6 Å². The van der Waals surface area contributed by atoms with E-state index in [1.165, 1.54) is 12.1 Å². The van der Waals surface area contributed by atoms with Gasteiger partial charge in [0.25, 0.3) is 0 Å². The molecule has 2 rings (SSSR count). The Hall–Kier alpha value is -1.99. The third kappa shape index (κ3) is 3.07. The Kier molecular flexibility index (Phi) is 3.77. The van der Waals surface area contributed by atoms with Gasteiger partial charge in [0.05, 0.1) is 17.8 Å². The number of aliphatic hydroxyl groups excluding tert-OH is 1. The Labute approximate surface area is 108 Å². The minimum atomic E-state index is -0.704. The zero-order valence-electron chi connectivity index (χ0n) is 10.0. The van der Waals surface area contributed by atoms with Crippen molar-refractivity contribution in [2.75, 3.05) is 11.9 Å². The third-order valence-electron chi connectivity index (χ3n) is 2.93. The summed E-state index contributed by atoms with van der Waals surface area (Å²) < 4.78 is 13.5. The first-order valence-corrected chi connectivity index (χ1v) is 5.79. The summed E-state index contributed by atoms with van der Waals surface area (Å²) in [6, 6.07) is 2.91. The van der Waals surface area contributed by atoms with Crippen LogP contribution in [0.25, 0.3) is 0 Å². The van der Waals surface area contributed by atoms with Crippen molar-refractivity contribution >= 4 is 17.5 Å². The number of carbonyl (C=O) groups is 2. The summed E-state index contributed by atoms with van der Waals surface area (Å²) in [5, 5.41) is 14.5. The summed E-state index contributed by atoms with van der Waals surface area (Å²) in [5.74, 6) is -1.82. The van der Waals surface area contributed by atoms with Gasteiger partial charge < -0.3 is 21.5 Å². The Morgan fingerprint density at radius 3 is 2.79 bits per heavy atom. The van der Waals surface area contributed by atoms with E-state index in [9.17, 15) is 19.1 Å². The maximum absolute atomic E-state index is 13.5. The van der Waals surface area contributed by atoms with Crippen LogP contribution in [0, 0.1) is 5.82 Å². The van der Waals surface area contributed by atoms with Gasteiger partial charge in [0, 0.05) is 12.1 Å². The summed E-state index contributed by atoms with van der Waals surface area (Å²) >= 11 is 0. The van der Waals surface area contributed by atoms with Crippen LogP contribution in [0.15, 0.2) is 18.2 Å². The second-order valence-electron chi connectivity index (χ2n) is 4.40. The van der Waals surface area contributed by atoms with Crippen LogP contribution in [0.5, 0.6) is 0 Å². The molecule has 0 aliphatic carbocycles. The average Bonchev–Trinajstić information content (AvgIpc) is 2.78. The molecule has 2 unspecified atom stereocenters. The second-order valence-corrected chi connectivity index (χ2v) is 4.40. The van der Waals surface area contributed by atoms with Crippen LogP contribution in [0.4, 0.5) is 10.1 Å². The Balaban J connectivity index is 2.12. The molecule has 1 fully saturated rings. The maximum atomic E-state index is 13.5. The summed E-state index contributed by atoms with van der Waals surface area (Å²) in [6.07, 6.45) is -0.319. The lowest BCUT2D eigenvalue weighted by Gasteiger charge is -2.12.